The molecule has 1 aliphatic carbocycles. The van der Waals surface area contributed by atoms with E-state index in [1.54, 1.807) is 14.0 Å². The number of hydrogen-bond donors (Lipinski definition) is 1. The van der Waals surface area contributed by atoms with E-state index in [2.05, 4.69) is 17.4 Å². The molecule has 0 saturated heterocycles. The van der Waals surface area contributed by atoms with Crippen molar-refractivity contribution < 1.29 is 9.53 Å². The highest BCUT2D eigenvalue weighted by Gasteiger charge is 2.36. The molecular weight excluding hydrogens is 214 g/mol. The maximum absolute atomic E-state index is 11.4. The van der Waals surface area contributed by atoms with Gasteiger partial charge in [0.15, 0.2) is 0 Å². The van der Waals surface area contributed by atoms with Crippen LogP contribution < -0.4 is 10.1 Å². The van der Waals surface area contributed by atoms with Gasteiger partial charge in [-0.3, -0.25) is 4.79 Å². The smallest absolute Gasteiger partial charge is 0.217 e. The van der Waals surface area contributed by atoms with Crippen molar-refractivity contribution in [3.63, 3.8) is 0 Å². The van der Waals surface area contributed by atoms with Gasteiger partial charge in [0.1, 0.15) is 5.75 Å². The average Bonchev–Trinajstić information content (AvgIpc) is 2.78. The third-order valence-corrected chi connectivity index (χ3v) is 3.52. The van der Waals surface area contributed by atoms with Gasteiger partial charge in [0.2, 0.25) is 5.91 Å². The molecule has 0 bridgehead atoms. The molecule has 1 aromatic rings. The van der Waals surface area contributed by atoms with Gasteiger partial charge in [0.05, 0.1) is 12.6 Å². The minimum absolute atomic E-state index is 0.0442. The summed E-state index contributed by atoms with van der Waals surface area (Å²) in [5.74, 6) is 0.896. The van der Waals surface area contributed by atoms with E-state index in [0.717, 1.165) is 18.6 Å². The van der Waals surface area contributed by atoms with Crippen LogP contribution in [0.3, 0.4) is 0 Å². The number of benzene rings is 1. The molecule has 0 radical (unpaired) electrons. The number of ether oxygens (including phenoxy) is 1. The highest BCUT2D eigenvalue weighted by Crippen LogP contribution is 2.39. The first-order valence-corrected chi connectivity index (χ1v) is 6.09. The van der Waals surface area contributed by atoms with Crippen LogP contribution in [-0.2, 0) is 10.3 Å². The SMILES string of the molecule is COc1ccc(C2(NC(C)=O)CCCC2)cc1. The quantitative estimate of drug-likeness (QED) is 0.871. The monoisotopic (exact) mass is 233 g/mol. The molecule has 1 amide bonds. The molecule has 3 heteroatoms. The molecule has 0 atom stereocenters. The van der Waals surface area contributed by atoms with Gasteiger partial charge in [0, 0.05) is 6.92 Å². The van der Waals surface area contributed by atoms with Crippen LogP contribution in [0.2, 0.25) is 0 Å². The summed E-state index contributed by atoms with van der Waals surface area (Å²) >= 11 is 0. The summed E-state index contributed by atoms with van der Waals surface area (Å²) in [4.78, 5) is 11.4. The Morgan fingerprint density at radius 1 is 1.24 bits per heavy atom. The summed E-state index contributed by atoms with van der Waals surface area (Å²) in [6.45, 7) is 1.59. The number of methoxy groups -OCH3 is 1. The summed E-state index contributed by atoms with van der Waals surface area (Å²) in [6.07, 6.45) is 4.40. The fourth-order valence-electron chi connectivity index (χ4n) is 2.71. The Labute approximate surface area is 102 Å². The van der Waals surface area contributed by atoms with Crippen LogP contribution in [0.5, 0.6) is 5.75 Å². The fraction of sp³-hybridized carbons (Fsp3) is 0.500. The second-order valence-electron chi connectivity index (χ2n) is 4.70. The van der Waals surface area contributed by atoms with Crippen LogP contribution in [0, 0.1) is 0 Å². The predicted octanol–water partition coefficient (Wildman–Crippen LogP) is 2.60. The van der Waals surface area contributed by atoms with Crippen molar-refractivity contribution in [3.05, 3.63) is 29.8 Å². The summed E-state index contributed by atoms with van der Waals surface area (Å²) < 4.78 is 5.16. The Hall–Kier alpha value is -1.51. The van der Waals surface area contributed by atoms with E-state index < -0.39 is 0 Å². The van der Waals surface area contributed by atoms with Crippen molar-refractivity contribution in [2.24, 2.45) is 0 Å². The summed E-state index contributed by atoms with van der Waals surface area (Å²) in [5, 5.41) is 3.13. The molecule has 1 fully saturated rings. The van der Waals surface area contributed by atoms with E-state index in [4.69, 9.17) is 4.74 Å². The highest BCUT2D eigenvalue weighted by molar-refractivity contribution is 5.74. The summed E-state index contributed by atoms with van der Waals surface area (Å²) in [5.41, 5.74) is 1.03. The average molecular weight is 233 g/mol. The molecule has 0 unspecified atom stereocenters. The van der Waals surface area contributed by atoms with Gasteiger partial charge in [-0.1, -0.05) is 25.0 Å². The number of hydrogen-bond acceptors (Lipinski definition) is 2. The van der Waals surface area contributed by atoms with E-state index in [9.17, 15) is 4.79 Å². The zero-order chi connectivity index (χ0) is 12.3. The minimum atomic E-state index is -0.155. The first kappa shape index (κ1) is 12.0. The number of rotatable bonds is 3. The van der Waals surface area contributed by atoms with Crippen molar-refractivity contribution in [1.82, 2.24) is 5.32 Å². The zero-order valence-electron chi connectivity index (χ0n) is 10.5. The van der Waals surface area contributed by atoms with E-state index in [1.807, 2.05) is 12.1 Å². The second-order valence-corrected chi connectivity index (χ2v) is 4.70. The van der Waals surface area contributed by atoms with Gasteiger partial charge < -0.3 is 10.1 Å². The lowest BCUT2D eigenvalue weighted by Crippen LogP contribution is -2.42. The molecule has 1 aromatic carbocycles. The topological polar surface area (TPSA) is 38.3 Å². The van der Waals surface area contributed by atoms with Crippen molar-refractivity contribution >= 4 is 5.91 Å². The van der Waals surface area contributed by atoms with Gasteiger partial charge in [-0.2, -0.15) is 0 Å². The Kier molecular flexibility index (Phi) is 3.36. The molecule has 2 rings (SSSR count). The van der Waals surface area contributed by atoms with E-state index in [0.29, 0.717) is 0 Å². The molecule has 1 saturated carbocycles. The molecule has 3 nitrogen and oxygen atoms in total. The van der Waals surface area contributed by atoms with Crippen molar-refractivity contribution in [2.45, 2.75) is 38.1 Å². The molecule has 0 aromatic heterocycles. The molecule has 0 heterocycles. The van der Waals surface area contributed by atoms with Crippen LogP contribution in [0.25, 0.3) is 0 Å². The van der Waals surface area contributed by atoms with E-state index in [-0.39, 0.29) is 11.4 Å². The van der Waals surface area contributed by atoms with Gasteiger partial charge >= 0.3 is 0 Å². The lowest BCUT2D eigenvalue weighted by molar-refractivity contribution is -0.121. The van der Waals surface area contributed by atoms with Gasteiger partial charge in [-0.25, -0.2) is 0 Å². The van der Waals surface area contributed by atoms with Crippen molar-refractivity contribution in [3.8, 4) is 5.75 Å². The van der Waals surface area contributed by atoms with E-state index >= 15 is 0 Å². The standard InChI is InChI=1S/C14H19NO2/c1-11(16)15-14(9-3-4-10-14)12-5-7-13(17-2)8-6-12/h5-8H,3-4,9-10H2,1-2H3,(H,15,16). The fourth-order valence-corrected chi connectivity index (χ4v) is 2.71. The zero-order valence-corrected chi connectivity index (χ0v) is 10.5. The number of amides is 1. The maximum Gasteiger partial charge on any atom is 0.217 e. The molecule has 0 aliphatic heterocycles. The van der Waals surface area contributed by atoms with Crippen molar-refractivity contribution in [1.29, 1.82) is 0 Å². The van der Waals surface area contributed by atoms with Crippen LogP contribution >= 0.6 is 0 Å². The molecule has 1 N–H and O–H groups in total. The Balaban J connectivity index is 2.28. The van der Waals surface area contributed by atoms with Crippen LogP contribution in [-0.4, -0.2) is 13.0 Å². The van der Waals surface area contributed by atoms with Gasteiger partial charge in [-0.05, 0) is 30.5 Å². The molecule has 1 aliphatic rings. The Bertz CT molecular complexity index is 391. The molecule has 17 heavy (non-hydrogen) atoms. The Morgan fingerprint density at radius 2 is 1.82 bits per heavy atom. The highest BCUT2D eigenvalue weighted by atomic mass is 16.5. The van der Waals surface area contributed by atoms with Crippen molar-refractivity contribution in [2.75, 3.05) is 7.11 Å². The number of nitrogens with one attached hydrogen (secondary N) is 1. The predicted molar refractivity (Wildman–Crippen MR) is 67.0 cm³/mol. The van der Waals surface area contributed by atoms with Gasteiger partial charge in [-0.15, -0.1) is 0 Å². The van der Waals surface area contributed by atoms with Crippen LogP contribution in [0.1, 0.15) is 38.2 Å². The second kappa shape index (κ2) is 4.78. The van der Waals surface area contributed by atoms with Crippen LogP contribution in [0.15, 0.2) is 24.3 Å². The normalized spacial score (nSPS) is 17.8. The number of carbonyl (C=O) groups is 1. The molecular formula is C14H19NO2. The summed E-state index contributed by atoms with van der Waals surface area (Å²) in [6, 6.07) is 8.02. The van der Waals surface area contributed by atoms with E-state index in [1.165, 1.54) is 18.4 Å². The first-order chi connectivity index (χ1) is 8.16. The Morgan fingerprint density at radius 3 is 2.29 bits per heavy atom. The third kappa shape index (κ3) is 2.43. The number of carbonyl (C=O) groups excluding carboxylic acids is 1. The lowest BCUT2D eigenvalue weighted by atomic mass is 9.88. The summed E-state index contributed by atoms with van der Waals surface area (Å²) in [7, 11) is 1.66. The van der Waals surface area contributed by atoms with Crippen LogP contribution in [0.4, 0.5) is 0 Å². The van der Waals surface area contributed by atoms with Gasteiger partial charge in [0.25, 0.3) is 0 Å². The largest absolute Gasteiger partial charge is 0.497 e. The third-order valence-electron chi connectivity index (χ3n) is 3.52. The first-order valence-electron chi connectivity index (χ1n) is 6.09. The molecule has 0 spiro atoms. The minimum Gasteiger partial charge on any atom is -0.497 e. The lowest BCUT2D eigenvalue weighted by Gasteiger charge is -2.30. The molecule has 92 valence electrons. The maximum atomic E-state index is 11.4.